The zero-order valence-corrected chi connectivity index (χ0v) is 12.1. The molecule has 0 bridgehead atoms. The highest BCUT2D eigenvalue weighted by molar-refractivity contribution is 5.79. The van der Waals surface area contributed by atoms with E-state index in [0.717, 1.165) is 19.3 Å². The van der Waals surface area contributed by atoms with Crippen LogP contribution in [0, 0.1) is 0 Å². The van der Waals surface area contributed by atoms with Crippen LogP contribution in [0.15, 0.2) is 0 Å². The number of carbonyl (C=O) groups is 2. The van der Waals surface area contributed by atoms with Gasteiger partial charge in [-0.3, -0.25) is 9.59 Å². The molecule has 1 saturated carbocycles. The SMILES string of the molecule is CCC(C)NC(=O)CCNCC(=O)NC1CCCC1. The van der Waals surface area contributed by atoms with Crippen molar-refractivity contribution in [1.29, 1.82) is 0 Å². The molecule has 2 amide bonds. The zero-order valence-electron chi connectivity index (χ0n) is 12.1. The molecule has 0 saturated heterocycles. The molecule has 1 fully saturated rings. The van der Waals surface area contributed by atoms with Gasteiger partial charge in [-0.15, -0.1) is 0 Å². The van der Waals surface area contributed by atoms with Gasteiger partial charge in [0, 0.05) is 25.0 Å². The normalized spacial score (nSPS) is 17.2. The first-order chi connectivity index (χ1) is 9.11. The van der Waals surface area contributed by atoms with E-state index in [2.05, 4.69) is 16.0 Å². The molecule has 1 aliphatic carbocycles. The number of amides is 2. The lowest BCUT2D eigenvalue weighted by atomic mass is 10.2. The molecule has 5 heteroatoms. The van der Waals surface area contributed by atoms with E-state index in [9.17, 15) is 9.59 Å². The fraction of sp³-hybridized carbons (Fsp3) is 0.857. The minimum Gasteiger partial charge on any atom is -0.354 e. The summed E-state index contributed by atoms with van der Waals surface area (Å²) in [4.78, 5) is 23.1. The second-order valence-electron chi connectivity index (χ2n) is 5.35. The largest absolute Gasteiger partial charge is 0.354 e. The van der Waals surface area contributed by atoms with E-state index in [1.54, 1.807) is 0 Å². The van der Waals surface area contributed by atoms with Crippen LogP contribution < -0.4 is 16.0 Å². The molecule has 0 aromatic heterocycles. The molecule has 1 rings (SSSR count). The first-order valence-electron chi connectivity index (χ1n) is 7.41. The number of hydrogen-bond acceptors (Lipinski definition) is 3. The van der Waals surface area contributed by atoms with Crippen LogP contribution in [0.3, 0.4) is 0 Å². The fourth-order valence-electron chi connectivity index (χ4n) is 2.20. The Hall–Kier alpha value is -1.10. The van der Waals surface area contributed by atoms with Gasteiger partial charge in [-0.1, -0.05) is 19.8 Å². The van der Waals surface area contributed by atoms with Crippen molar-refractivity contribution >= 4 is 11.8 Å². The quantitative estimate of drug-likeness (QED) is 0.574. The highest BCUT2D eigenvalue weighted by atomic mass is 16.2. The molecule has 19 heavy (non-hydrogen) atoms. The Kier molecular flexibility index (Phi) is 7.48. The van der Waals surface area contributed by atoms with E-state index in [-0.39, 0.29) is 17.9 Å². The summed E-state index contributed by atoms with van der Waals surface area (Å²) in [6.07, 6.45) is 5.98. The standard InChI is InChI=1S/C14H27N3O2/c1-3-11(2)16-13(18)8-9-15-10-14(19)17-12-6-4-5-7-12/h11-12,15H,3-10H2,1-2H3,(H,16,18)(H,17,19). The molecule has 110 valence electrons. The van der Waals surface area contributed by atoms with Crippen LogP contribution in [0.25, 0.3) is 0 Å². The van der Waals surface area contributed by atoms with Crippen molar-refractivity contribution in [3.63, 3.8) is 0 Å². The molecule has 5 nitrogen and oxygen atoms in total. The van der Waals surface area contributed by atoms with Gasteiger partial charge in [0.05, 0.1) is 6.54 Å². The van der Waals surface area contributed by atoms with Gasteiger partial charge in [0.25, 0.3) is 0 Å². The zero-order chi connectivity index (χ0) is 14.1. The molecule has 0 radical (unpaired) electrons. The highest BCUT2D eigenvalue weighted by Crippen LogP contribution is 2.17. The van der Waals surface area contributed by atoms with E-state index in [0.29, 0.717) is 25.6 Å². The summed E-state index contributed by atoms with van der Waals surface area (Å²) in [5, 5.41) is 8.91. The lowest BCUT2D eigenvalue weighted by Crippen LogP contribution is -2.40. The molecule has 0 aliphatic heterocycles. The van der Waals surface area contributed by atoms with E-state index in [4.69, 9.17) is 0 Å². The van der Waals surface area contributed by atoms with Crippen molar-refractivity contribution in [3.8, 4) is 0 Å². The maximum atomic E-state index is 11.6. The van der Waals surface area contributed by atoms with Gasteiger partial charge < -0.3 is 16.0 Å². The monoisotopic (exact) mass is 269 g/mol. The summed E-state index contributed by atoms with van der Waals surface area (Å²) in [5.74, 6) is 0.0762. The van der Waals surface area contributed by atoms with E-state index in [1.807, 2.05) is 13.8 Å². The van der Waals surface area contributed by atoms with Gasteiger partial charge in [0.1, 0.15) is 0 Å². The lowest BCUT2D eigenvalue weighted by Gasteiger charge is -2.13. The summed E-state index contributed by atoms with van der Waals surface area (Å²) in [7, 11) is 0. The smallest absolute Gasteiger partial charge is 0.234 e. The van der Waals surface area contributed by atoms with Crippen LogP contribution in [0.1, 0.15) is 52.4 Å². The number of rotatable bonds is 8. The third kappa shape index (κ3) is 7.15. The van der Waals surface area contributed by atoms with Crippen molar-refractivity contribution in [2.45, 2.75) is 64.5 Å². The Labute approximate surface area is 115 Å². The maximum Gasteiger partial charge on any atom is 0.234 e. The average Bonchev–Trinajstić information content (AvgIpc) is 2.87. The number of hydrogen-bond donors (Lipinski definition) is 3. The lowest BCUT2D eigenvalue weighted by molar-refractivity contribution is -0.123. The van der Waals surface area contributed by atoms with Gasteiger partial charge in [-0.25, -0.2) is 0 Å². The first kappa shape index (κ1) is 16.0. The predicted octanol–water partition coefficient (Wildman–Crippen LogP) is 0.940. The summed E-state index contributed by atoms with van der Waals surface area (Å²) in [6, 6.07) is 0.584. The highest BCUT2D eigenvalue weighted by Gasteiger charge is 2.16. The van der Waals surface area contributed by atoms with E-state index in [1.165, 1.54) is 12.8 Å². The summed E-state index contributed by atoms with van der Waals surface area (Å²) in [6.45, 7) is 4.87. The van der Waals surface area contributed by atoms with Crippen LogP contribution >= 0.6 is 0 Å². The number of nitrogens with one attached hydrogen (secondary N) is 3. The Morgan fingerprint density at radius 3 is 2.53 bits per heavy atom. The van der Waals surface area contributed by atoms with Gasteiger partial charge in [-0.2, -0.15) is 0 Å². The van der Waals surface area contributed by atoms with Crippen molar-refractivity contribution in [2.24, 2.45) is 0 Å². The van der Waals surface area contributed by atoms with Crippen LogP contribution in [0.2, 0.25) is 0 Å². The van der Waals surface area contributed by atoms with E-state index >= 15 is 0 Å². The Morgan fingerprint density at radius 1 is 1.21 bits per heavy atom. The number of carbonyl (C=O) groups excluding carboxylic acids is 2. The molecule has 0 heterocycles. The molecule has 3 N–H and O–H groups in total. The van der Waals surface area contributed by atoms with E-state index < -0.39 is 0 Å². The summed E-state index contributed by atoms with van der Waals surface area (Å²) in [5.41, 5.74) is 0. The van der Waals surface area contributed by atoms with Crippen molar-refractivity contribution < 1.29 is 9.59 Å². The van der Waals surface area contributed by atoms with Gasteiger partial charge >= 0.3 is 0 Å². The van der Waals surface area contributed by atoms with Gasteiger partial charge in [0.15, 0.2) is 0 Å². The molecule has 1 aliphatic rings. The molecule has 1 unspecified atom stereocenters. The second-order valence-corrected chi connectivity index (χ2v) is 5.35. The molecular weight excluding hydrogens is 242 g/mol. The molecule has 0 aromatic rings. The molecule has 0 aromatic carbocycles. The first-order valence-corrected chi connectivity index (χ1v) is 7.41. The van der Waals surface area contributed by atoms with Crippen LogP contribution in [0.4, 0.5) is 0 Å². The van der Waals surface area contributed by atoms with Crippen LogP contribution in [0.5, 0.6) is 0 Å². The average molecular weight is 269 g/mol. The topological polar surface area (TPSA) is 70.2 Å². The summed E-state index contributed by atoms with van der Waals surface area (Å²) >= 11 is 0. The molecule has 1 atom stereocenters. The minimum atomic E-state index is 0.0363. The van der Waals surface area contributed by atoms with Gasteiger partial charge in [0.2, 0.25) is 11.8 Å². The second kappa shape index (κ2) is 8.91. The Bertz CT molecular complexity index is 288. The van der Waals surface area contributed by atoms with Crippen molar-refractivity contribution in [3.05, 3.63) is 0 Å². The van der Waals surface area contributed by atoms with Crippen LogP contribution in [-0.2, 0) is 9.59 Å². The Morgan fingerprint density at radius 2 is 1.89 bits per heavy atom. The Balaban J connectivity index is 2.00. The minimum absolute atomic E-state index is 0.0363. The fourth-order valence-corrected chi connectivity index (χ4v) is 2.20. The molecular formula is C14H27N3O2. The third-order valence-corrected chi connectivity index (χ3v) is 3.55. The van der Waals surface area contributed by atoms with Crippen molar-refractivity contribution in [1.82, 2.24) is 16.0 Å². The van der Waals surface area contributed by atoms with Crippen LogP contribution in [-0.4, -0.2) is 37.0 Å². The molecule has 0 spiro atoms. The third-order valence-electron chi connectivity index (χ3n) is 3.55. The maximum absolute atomic E-state index is 11.6. The summed E-state index contributed by atoms with van der Waals surface area (Å²) < 4.78 is 0. The predicted molar refractivity (Wildman–Crippen MR) is 75.8 cm³/mol. The van der Waals surface area contributed by atoms with Gasteiger partial charge in [-0.05, 0) is 26.2 Å². The van der Waals surface area contributed by atoms with Crippen molar-refractivity contribution in [2.75, 3.05) is 13.1 Å².